The zero-order chi connectivity index (χ0) is 14.7. The molecule has 2 heterocycles. The minimum absolute atomic E-state index is 0.551. The molecule has 1 atom stereocenters. The molecule has 6 heteroatoms. The molecule has 0 radical (unpaired) electrons. The SMILES string of the molecule is OC1(c2ccccc2)CSC(=S)N1CC1=CC=NSC=C1. The van der Waals surface area contributed by atoms with Crippen LogP contribution in [0.25, 0.3) is 0 Å². The van der Waals surface area contributed by atoms with Crippen LogP contribution in [0.1, 0.15) is 5.56 Å². The highest BCUT2D eigenvalue weighted by Crippen LogP contribution is 2.39. The minimum Gasteiger partial charge on any atom is -0.366 e. The number of aliphatic hydroxyl groups is 1. The van der Waals surface area contributed by atoms with E-state index in [1.807, 2.05) is 52.8 Å². The van der Waals surface area contributed by atoms with Gasteiger partial charge in [0, 0.05) is 30.3 Å². The summed E-state index contributed by atoms with van der Waals surface area (Å²) in [5.41, 5.74) is 0.899. The number of thiocarbonyl (C=S) groups is 1. The predicted octanol–water partition coefficient (Wildman–Crippen LogP) is 3.34. The van der Waals surface area contributed by atoms with Crippen LogP contribution >= 0.6 is 35.9 Å². The first-order valence-corrected chi connectivity index (χ1v) is 8.70. The van der Waals surface area contributed by atoms with Gasteiger partial charge in [0.1, 0.15) is 4.32 Å². The lowest BCUT2D eigenvalue weighted by atomic mass is 10.0. The molecule has 1 fully saturated rings. The second-order valence-electron chi connectivity index (χ2n) is 4.73. The lowest BCUT2D eigenvalue weighted by molar-refractivity contribution is -0.0419. The van der Waals surface area contributed by atoms with E-state index in [2.05, 4.69) is 4.40 Å². The lowest BCUT2D eigenvalue weighted by Crippen LogP contribution is -2.45. The van der Waals surface area contributed by atoms with Crippen molar-refractivity contribution in [2.45, 2.75) is 5.72 Å². The Balaban J connectivity index is 1.89. The summed E-state index contributed by atoms with van der Waals surface area (Å²) in [5, 5.41) is 13.1. The highest BCUT2D eigenvalue weighted by atomic mass is 32.2. The van der Waals surface area contributed by atoms with Crippen LogP contribution in [0.2, 0.25) is 0 Å². The Kier molecular flexibility index (Phi) is 4.49. The van der Waals surface area contributed by atoms with E-state index in [9.17, 15) is 5.11 Å². The molecular formula is C15H14N2OS3. The molecule has 3 rings (SSSR count). The Bertz CT molecular complexity index is 627. The lowest BCUT2D eigenvalue weighted by Gasteiger charge is -2.34. The van der Waals surface area contributed by atoms with Gasteiger partial charge < -0.3 is 10.0 Å². The van der Waals surface area contributed by atoms with Crippen molar-refractivity contribution in [2.75, 3.05) is 12.3 Å². The molecule has 108 valence electrons. The average Bonchev–Trinajstić information content (AvgIpc) is 2.72. The van der Waals surface area contributed by atoms with Gasteiger partial charge in [0.05, 0.1) is 5.75 Å². The summed E-state index contributed by atoms with van der Waals surface area (Å²) in [6, 6.07) is 9.70. The topological polar surface area (TPSA) is 35.8 Å². The smallest absolute Gasteiger partial charge is 0.175 e. The van der Waals surface area contributed by atoms with Crippen molar-refractivity contribution in [2.24, 2.45) is 4.40 Å². The third-order valence-electron chi connectivity index (χ3n) is 3.39. The zero-order valence-corrected chi connectivity index (χ0v) is 13.6. The molecule has 3 nitrogen and oxygen atoms in total. The van der Waals surface area contributed by atoms with Crippen molar-refractivity contribution in [1.29, 1.82) is 0 Å². The third-order valence-corrected chi connectivity index (χ3v) is 5.48. The van der Waals surface area contributed by atoms with E-state index in [-0.39, 0.29) is 0 Å². The summed E-state index contributed by atoms with van der Waals surface area (Å²) in [5.74, 6) is 0.551. The van der Waals surface area contributed by atoms with E-state index in [0.717, 1.165) is 15.5 Å². The van der Waals surface area contributed by atoms with Crippen molar-refractivity contribution < 1.29 is 5.11 Å². The Morgan fingerprint density at radius 3 is 2.95 bits per heavy atom. The van der Waals surface area contributed by atoms with Crippen LogP contribution in [0.5, 0.6) is 0 Å². The van der Waals surface area contributed by atoms with Gasteiger partial charge in [-0.25, -0.2) is 4.40 Å². The van der Waals surface area contributed by atoms with Gasteiger partial charge in [-0.05, 0) is 23.1 Å². The Labute approximate surface area is 138 Å². The average molecular weight is 334 g/mol. The molecule has 0 amide bonds. The molecule has 0 bridgehead atoms. The molecule has 0 aliphatic carbocycles. The first kappa shape index (κ1) is 14.8. The number of hydrogen-bond acceptors (Lipinski definition) is 5. The van der Waals surface area contributed by atoms with Gasteiger partial charge in [-0.15, -0.1) is 0 Å². The molecular weight excluding hydrogens is 320 g/mol. The maximum atomic E-state index is 11.1. The van der Waals surface area contributed by atoms with Crippen molar-refractivity contribution in [3.8, 4) is 0 Å². The number of rotatable bonds is 3. The van der Waals surface area contributed by atoms with Gasteiger partial charge in [-0.1, -0.05) is 54.3 Å². The first-order valence-electron chi connectivity index (χ1n) is 6.47. The van der Waals surface area contributed by atoms with Gasteiger partial charge in [-0.2, -0.15) is 0 Å². The molecule has 0 saturated carbocycles. The van der Waals surface area contributed by atoms with Gasteiger partial charge in [0.25, 0.3) is 0 Å². The summed E-state index contributed by atoms with van der Waals surface area (Å²) in [7, 11) is 0. The van der Waals surface area contributed by atoms with E-state index in [4.69, 9.17) is 12.2 Å². The second-order valence-corrected chi connectivity index (χ2v) is 7.03. The first-order chi connectivity index (χ1) is 10.2. The number of allylic oxidation sites excluding steroid dienone is 1. The highest BCUT2D eigenvalue weighted by molar-refractivity contribution is 8.23. The summed E-state index contributed by atoms with van der Waals surface area (Å²) in [6.45, 7) is 0.570. The van der Waals surface area contributed by atoms with E-state index >= 15 is 0 Å². The molecule has 2 aliphatic rings. The third kappa shape index (κ3) is 3.08. The van der Waals surface area contributed by atoms with Crippen LogP contribution in [0.4, 0.5) is 0 Å². The van der Waals surface area contributed by atoms with Gasteiger partial charge in [0.15, 0.2) is 5.72 Å². The van der Waals surface area contributed by atoms with Gasteiger partial charge in [-0.3, -0.25) is 0 Å². The normalized spacial score (nSPS) is 25.1. The van der Waals surface area contributed by atoms with Crippen molar-refractivity contribution in [3.05, 3.63) is 59.0 Å². The Morgan fingerprint density at radius 2 is 2.14 bits per heavy atom. The van der Waals surface area contributed by atoms with Crippen molar-refractivity contribution in [3.63, 3.8) is 0 Å². The van der Waals surface area contributed by atoms with Crippen LogP contribution in [-0.4, -0.2) is 32.8 Å². The van der Waals surface area contributed by atoms with Crippen LogP contribution in [-0.2, 0) is 5.72 Å². The van der Waals surface area contributed by atoms with Crippen LogP contribution < -0.4 is 0 Å². The van der Waals surface area contributed by atoms with Crippen molar-refractivity contribution >= 4 is 46.5 Å². The van der Waals surface area contributed by atoms with Gasteiger partial charge in [0.2, 0.25) is 0 Å². The summed E-state index contributed by atoms with van der Waals surface area (Å²) in [6.07, 6.45) is 5.73. The standard InChI is InChI=1S/C15H14N2OS3/c18-15(13-4-2-1-3-5-13)11-20-14(19)17(15)10-12-6-8-16-21-9-7-12/h1-9,18H,10-11H2. The van der Waals surface area contributed by atoms with E-state index in [1.165, 1.54) is 23.7 Å². The summed E-state index contributed by atoms with van der Waals surface area (Å²) in [4.78, 5) is 1.89. The van der Waals surface area contributed by atoms with Crippen LogP contribution in [0.3, 0.4) is 0 Å². The number of thioether (sulfide) groups is 1. The molecule has 1 N–H and O–H groups in total. The van der Waals surface area contributed by atoms with E-state index in [1.54, 1.807) is 6.21 Å². The molecule has 0 spiro atoms. The summed E-state index contributed by atoms with van der Waals surface area (Å²) < 4.78 is 4.84. The van der Waals surface area contributed by atoms with Gasteiger partial charge >= 0.3 is 0 Å². The fourth-order valence-corrected chi connectivity index (χ4v) is 4.11. The Morgan fingerprint density at radius 1 is 1.33 bits per heavy atom. The van der Waals surface area contributed by atoms with E-state index < -0.39 is 5.72 Å². The predicted molar refractivity (Wildman–Crippen MR) is 95.4 cm³/mol. The van der Waals surface area contributed by atoms with Crippen LogP contribution in [0.15, 0.2) is 57.9 Å². The molecule has 1 aromatic carbocycles. The number of hydrogen-bond donors (Lipinski definition) is 1. The minimum atomic E-state index is -1.05. The largest absolute Gasteiger partial charge is 0.366 e. The molecule has 2 aliphatic heterocycles. The molecule has 1 aromatic rings. The van der Waals surface area contributed by atoms with E-state index in [0.29, 0.717) is 12.3 Å². The quantitative estimate of drug-likeness (QED) is 0.678. The second kappa shape index (κ2) is 6.36. The fourth-order valence-electron chi connectivity index (χ4n) is 2.27. The zero-order valence-electron chi connectivity index (χ0n) is 11.2. The molecule has 1 saturated heterocycles. The van der Waals surface area contributed by atoms with Crippen molar-refractivity contribution in [1.82, 2.24) is 4.90 Å². The molecule has 0 aromatic heterocycles. The highest BCUT2D eigenvalue weighted by Gasteiger charge is 2.43. The maximum Gasteiger partial charge on any atom is 0.175 e. The Hall–Kier alpha value is -1.08. The fraction of sp³-hybridized carbons (Fsp3) is 0.200. The maximum absolute atomic E-state index is 11.1. The van der Waals surface area contributed by atoms with Crippen LogP contribution in [0, 0.1) is 0 Å². The molecule has 21 heavy (non-hydrogen) atoms. The molecule has 1 unspecified atom stereocenters. The number of benzene rings is 1. The number of nitrogens with zero attached hydrogens (tertiary/aromatic N) is 2. The monoisotopic (exact) mass is 334 g/mol. The summed E-state index contributed by atoms with van der Waals surface area (Å²) >= 11 is 8.34.